The van der Waals surface area contributed by atoms with E-state index in [4.69, 9.17) is 5.11 Å². The summed E-state index contributed by atoms with van der Waals surface area (Å²) in [5.41, 5.74) is 0. The van der Waals surface area contributed by atoms with Crippen molar-refractivity contribution in [1.29, 1.82) is 0 Å². The van der Waals surface area contributed by atoms with Crippen LogP contribution in [0.3, 0.4) is 0 Å². The normalized spacial score (nSPS) is 8.62. The Morgan fingerprint density at radius 1 is 1.75 bits per heavy atom. The van der Waals surface area contributed by atoms with Crippen molar-refractivity contribution >= 4 is 14.0 Å². The van der Waals surface area contributed by atoms with Crippen molar-refractivity contribution in [3.63, 3.8) is 0 Å². The van der Waals surface area contributed by atoms with Crippen molar-refractivity contribution in [2.45, 2.75) is 12.8 Å². The van der Waals surface area contributed by atoms with Gasteiger partial charge in [0.1, 0.15) is 0 Å². The van der Waals surface area contributed by atoms with E-state index in [1.807, 2.05) is 0 Å². The highest BCUT2D eigenvalue weighted by Crippen LogP contribution is 1.87. The molecule has 0 saturated carbocycles. The van der Waals surface area contributed by atoms with Crippen LogP contribution in [0.15, 0.2) is 0 Å². The van der Waals surface area contributed by atoms with Crippen LogP contribution in [0.1, 0.15) is 12.8 Å². The van der Waals surface area contributed by atoms with Gasteiger partial charge < -0.3 is 9.76 Å². The van der Waals surface area contributed by atoms with Gasteiger partial charge >= 0.3 is 8.05 Å². The Kier molecular flexibility index (Phi) is 4.36. The summed E-state index contributed by atoms with van der Waals surface area (Å²) < 4.78 is 4.30. The average molecular weight is 116 g/mol. The van der Waals surface area contributed by atoms with Crippen LogP contribution in [0.25, 0.3) is 0 Å². The van der Waals surface area contributed by atoms with Gasteiger partial charge in [-0.1, -0.05) is 0 Å². The molecule has 0 saturated heterocycles. The Balaban J connectivity index is 2.99. The van der Waals surface area contributed by atoms with E-state index in [-0.39, 0.29) is 12.6 Å². The van der Waals surface area contributed by atoms with Crippen LogP contribution < -0.4 is 0 Å². The van der Waals surface area contributed by atoms with Gasteiger partial charge in [-0.2, -0.15) is 0 Å². The molecule has 0 aliphatic heterocycles. The summed E-state index contributed by atoms with van der Waals surface area (Å²) in [5.74, 6) is -0.265. The quantitative estimate of drug-likeness (QED) is 0.473. The van der Waals surface area contributed by atoms with Gasteiger partial charge in [0, 0.05) is 13.0 Å². The lowest BCUT2D eigenvalue weighted by Crippen LogP contribution is -2.01. The second-order valence-corrected chi connectivity index (χ2v) is 1.40. The van der Waals surface area contributed by atoms with Crippen LogP contribution >= 0.6 is 0 Å². The minimum atomic E-state index is -0.265. The summed E-state index contributed by atoms with van der Waals surface area (Å²) in [6.07, 6.45) is 0.805. The van der Waals surface area contributed by atoms with E-state index >= 15 is 0 Å². The first-order valence-electron chi connectivity index (χ1n) is 2.49. The number of carbonyl (C=O) groups excluding carboxylic acids is 1. The van der Waals surface area contributed by atoms with Gasteiger partial charge in [0.15, 0.2) is 0 Å². The lowest BCUT2D eigenvalue weighted by Gasteiger charge is -1.94. The maximum Gasteiger partial charge on any atom is 0.325 e. The van der Waals surface area contributed by atoms with E-state index < -0.39 is 0 Å². The summed E-state index contributed by atoms with van der Waals surface area (Å²) in [5, 5.41) is 8.20. The van der Waals surface area contributed by atoms with Crippen LogP contribution in [0.2, 0.25) is 0 Å². The van der Waals surface area contributed by atoms with E-state index in [0.717, 1.165) is 0 Å². The van der Waals surface area contributed by atoms with Crippen molar-refractivity contribution in [3.8, 4) is 0 Å². The predicted molar refractivity (Wildman–Crippen MR) is 31.0 cm³/mol. The number of aliphatic hydroxyl groups is 1. The van der Waals surface area contributed by atoms with Gasteiger partial charge in [-0.3, -0.25) is 4.79 Å². The second kappa shape index (κ2) is 4.65. The van der Waals surface area contributed by atoms with Gasteiger partial charge in [-0.25, -0.2) is 0 Å². The van der Waals surface area contributed by atoms with E-state index in [9.17, 15) is 4.79 Å². The molecule has 0 aliphatic rings. The van der Waals surface area contributed by atoms with Crippen LogP contribution in [0, 0.1) is 0 Å². The number of hydrogen-bond donors (Lipinski definition) is 1. The maximum atomic E-state index is 10.2. The van der Waals surface area contributed by atoms with E-state index in [2.05, 4.69) is 4.65 Å². The SMILES string of the molecule is BOC(=O)CCCO. The zero-order chi connectivity index (χ0) is 6.41. The first kappa shape index (κ1) is 7.49. The molecule has 0 spiro atoms. The van der Waals surface area contributed by atoms with E-state index in [1.165, 1.54) is 8.05 Å². The molecule has 46 valence electrons. The summed E-state index contributed by atoms with van der Waals surface area (Å²) >= 11 is 0. The Bertz CT molecular complexity index is 73.7. The third kappa shape index (κ3) is 3.68. The fraction of sp³-hybridized carbons (Fsp3) is 0.750. The molecule has 0 unspecified atom stereocenters. The smallest absolute Gasteiger partial charge is 0.325 e. The lowest BCUT2D eigenvalue weighted by molar-refractivity contribution is -0.134. The topological polar surface area (TPSA) is 46.5 Å². The zero-order valence-electron chi connectivity index (χ0n) is 4.89. The monoisotopic (exact) mass is 116 g/mol. The summed E-state index contributed by atoms with van der Waals surface area (Å²) in [4.78, 5) is 10.2. The average Bonchev–Trinajstić information content (AvgIpc) is 1.83. The molecular formula is C4H9BO3. The predicted octanol–water partition coefficient (Wildman–Crippen LogP) is -1.15. The van der Waals surface area contributed by atoms with Crippen molar-refractivity contribution in [3.05, 3.63) is 0 Å². The Hall–Kier alpha value is -0.505. The molecule has 0 radical (unpaired) electrons. The summed E-state index contributed by atoms with van der Waals surface area (Å²) in [7, 11) is 1.33. The molecule has 0 aliphatic carbocycles. The fourth-order valence-electron chi connectivity index (χ4n) is 0.325. The Morgan fingerprint density at radius 2 is 2.38 bits per heavy atom. The van der Waals surface area contributed by atoms with Gasteiger partial charge in [-0.15, -0.1) is 0 Å². The van der Waals surface area contributed by atoms with Gasteiger partial charge in [-0.05, 0) is 6.42 Å². The van der Waals surface area contributed by atoms with E-state index in [1.54, 1.807) is 0 Å². The molecular weight excluding hydrogens is 107 g/mol. The standard InChI is InChI=1S/C4H9BO3/c5-8-4(7)2-1-3-6/h6H,1-3,5H2. The molecule has 0 aromatic heterocycles. The molecule has 0 atom stereocenters. The third-order valence-corrected chi connectivity index (χ3v) is 0.767. The number of aliphatic hydroxyl groups excluding tert-OH is 1. The lowest BCUT2D eigenvalue weighted by atomic mass is 10.3. The van der Waals surface area contributed by atoms with Gasteiger partial charge in [0.05, 0.1) is 0 Å². The first-order valence-corrected chi connectivity index (χ1v) is 2.49. The number of carbonyl (C=O) groups is 1. The minimum Gasteiger partial charge on any atom is -0.543 e. The van der Waals surface area contributed by atoms with Crippen LogP contribution in [0.5, 0.6) is 0 Å². The van der Waals surface area contributed by atoms with Gasteiger partial charge in [0.25, 0.3) is 5.97 Å². The molecule has 4 heteroatoms. The molecule has 3 nitrogen and oxygen atoms in total. The highest BCUT2D eigenvalue weighted by Gasteiger charge is 1.95. The maximum absolute atomic E-state index is 10.2. The molecule has 0 bridgehead atoms. The van der Waals surface area contributed by atoms with Crippen LogP contribution in [-0.2, 0) is 9.45 Å². The van der Waals surface area contributed by atoms with Crippen LogP contribution in [0.4, 0.5) is 0 Å². The molecule has 0 heterocycles. The van der Waals surface area contributed by atoms with Crippen molar-refractivity contribution in [2.24, 2.45) is 0 Å². The molecule has 0 aromatic rings. The largest absolute Gasteiger partial charge is 0.543 e. The van der Waals surface area contributed by atoms with Crippen LogP contribution in [-0.4, -0.2) is 25.7 Å². The van der Waals surface area contributed by atoms with Crippen molar-refractivity contribution < 1.29 is 14.6 Å². The molecule has 0 aromatic carbocycles. The minimum absolute atomic E-state index is 0.0507. The molecule has 0 fully saturated rings. The van der Waals surface area contributed by atoms with E-state index in [0.29, 0.717) is 12.8 Å². The summed E-state index contributed by atoms with van der Waals surface area (Å²) in [6.45, 7) is 0.0507. The number of hydrogen-bond acceptors (Lipinski definition) is 3. The Labute approximate surface area is 49.1 Å². The van der Waals surface area contributed by atoms with Crippen molar-refractivity contribution in [2.75, 3.05) is 6.61 Å². The highest BCUT2D eigenvalue weighted by atomic mass is 16.5. The molecule has 8 heavy (non-hydrogen) atoms. The molecule has 0 amide bonds. The molecule has 0 rings (SSSR count). The Morgan fingerprint density at radius 3 is 2.75 bits per heavy atom. The number of rotatable bonds is 3. The highest BCUT2D eigenvalue weighted by molar-refractivity contribution is 6.05. The third-order valence-electron chi connectivity index (χ3n) is 0.767. The van der Waals surface area contributed by atoms with Crippen molar-refractivity contribution in [1.82, 2.24) is 0 Å². The zero-order valence-corrected chi connectivity index (χ0v) is 4.89. The fourth-order valence-corrected chi connectivity index (χ4v) is 0.325. The van der Waals surface area contributed by atoms with Gasteiger partial charge in [0.2, 0.25) is 0 Å². The first-order chi connectivity index (χ1) is 3.81. The summed E-state index contributed by atoms with van der Waals surface area (Å²) in [6, 6.07) is 0. The second-order valence-electron chi connectivity index (χ2n) is 1.40. The molecule has 1 N–H and O–H groups in total.